The van der Waals surface area contributed by atoms with Crippen molar-refractivity contribution in [3.8, 4) is 0 Å². The van der Waals surface area contributed by atoms with E-state index in [0.29, 0.717) is 24.4 Å². The Balaban J connectivity index is 1.76. The second-order valence-electron chi connectivity index (χ2n) is 8.00. The highest BCUT2D eigenvalue weighted by molar-refractivity contribution is 6.31. The molecule has 2 aromatic rings. The molecule has 1 aliphatic carbocycles. The third kappa shape index (κ3) is 6.09. The van der Waals surface area contributed by atoms with E-state index in [1.165, 1.54) is 0 Å². The number of amides is 2. The molecule has 1 aliphatic rings. The molecule has 2 aromatic carbocycles. The van der Waals surface area contributed by atoms with Gasteiger partial charge in [0.05, 0.1) is 6.42 Å². The van der Waals surface area contributed by atoms with Gasteiger partial charge in [0.15, 0.2) is 0 Å². The Morgan fingerprint density at radius 3 is 2.40 bits per heavy atom. The van der Waals surface area contributed by atoms with Crippen LogP contribution in [0.5, 0.6) is 0 Å². The zero-order chi connectivity index (χ0) is 21.3. The molecule has 0 spiro atoms. The smallest absolute Gasteiger partial charge is 0.243 e. The lowest BCUT2D eigenvalue weighted by molar-refractivity contribution is -0.140. The Kier molecular flexibility index (Phi) is 8.32. The Morgan fingerprint density at radius 2 is 1.73 bits per heavy atom. The van der Waals surface area contributed by atoms with E-state index in [-0.39, 0.29) is 24.3 Å². The number of carbonyl (C=O) groups is 2. The summed E-state index contributed by atoms with van der Waals surface area (Å²) in [7, 11) is 0. The fourth-order valence-electron chi connectivity index (χ4n) is 4.17. The van der Waals surface area contributed by atoms with Gasteiger partial charge in [-0.1, -0.05) is 79.9 Å². The van der Waals surface area contributed by atoms with E-state index in [1.54, 1.807) is 11.0 Å². The third-order valence-electron chi connectivity index (χ3n) is 5.87. The number of halogens is 1. The van der Waals surface area contributed by atoms with Gasteiger partial charge in [-0.3, -0.25) is 9.59 Å². The molecule has 3 rings (SSSR count). The van der Waals surface area contributed by atoms with Gasteiger partial charge in [0, 0.05) is 17.6 Å². The van der Waals surface area contributed by atoms with Crippen LogP contribution in [-0.4, -0.2) is 35.3 Å². The van der Waals surface area contributed by atoms with Gasteiger partial charge in [-0.05, 0) is 42.9 Å². The number of rotatable bonds is 9. The molecule has 160 valence electrons. The molecule has 1 saturated carbocycles. The lowest BCUT2D eigenvalue weighted by Gasteiger charge is -2.31. The number of carbonyl (C=O) groups excluding carboxylic acids is 2. The average molecular weight is 427 g/mol. The molecule has 1 N–H and O–H groups in total. The van der Waals surface area contributed by atoms with E-state index in [2.05, 4.69) is 17.4 Å². The number of benzene rings is 2. The first-order chi connectivity index (χ1) is 14.6. The number of hydrogen-bond acceptors (Lipinski definition) is 2. The molecule has 0 radical (unpaired) electrons. The van der Waals surface area contributed by atoms with E-state index < -0.39 is 6.04 Å². The average Bonchev–Trinajstić information content (AvgIpc) is 3.26. The lowest BCUT2D eigenvalue weighted by Crippen LogP contribution is -2.52. The number of nitrogens with zero attached hydrogens (tertiary/aromatic N) is 1. The minimum absolute atomic E-state index is 0.0371. The molecule has 1 fully saturated rings. The minimum atomic E-state index is -0.468. The fraction of sp³-hybridized carbons (Fsp3) is 0.440. The van der Waals surface area contributed by atoms with Crippen LogP contribution in [-0.2, 0) is 22.4 Å². The summed E-state index contributed by atoms with van der Waals surface area (Å²) in [5, 5.41) is 3.76. The first kappa shape index (κ1) is 22.4. The zero-order valence-electron chi connectivity index (χ0n) is 17.6. The second kappa shape index (κ2) is 11.2. The maximum atomic E-state index is 13.3. The zero-order valence-corrected chi connectivity index (χ0v) is 18.4. The van der Waals surface area contributed by atoms with Crippen molar-refractivity contribution in [3.05, 3.63) is 70.7 Å². The lowest BCUT2D eigenvalue weighted by atomic mass is 10.1. The van der Waals surface area contributed by atoms with E-state index in [9.17, 15) is 9.59 Å². The summed E-state index contributed by atoms with van der Waals surface area (Å²) in [5.41, 5.74) is 1.94. The summed E-state index contributed by atoms with van der Waals surface area (Å²) in [4.78, 5) is 28.1. The molecule has 0 aromatic heterocycles. The molecule has 30 heavy (non-hydrogen) atoms. The van der Waals surface area contributed by atoms with Crippen molar-refractivity contribution in [2.45, 2.75) is 64.0 Å². The Labute approximate surface area is 184 Å². The molecule has 0 unspecified atom stereocenters. The largest absolute Gasteiger partial charge is 0.352 e. The monoisotopic (exact) mass is 426 g/mol. The summed E-state index contributed by atoms with van der Waals surface area (Å²) in [6.07, 6.45) is 5.86. The van der Waals surface area contributed by atoms with E-state index in [4.69, 9.17) is 11.6 Å². The summed E-state index contributed by atoms with van der Waals surface area (Å²) < 4.78 is 0. The van der Waals surface area contributed by atoms with Crippen LogP contribution in [0.25, 0.3) is 0 Å². The van der Waals surface area contributed by atoms with Crippen molar-refractivity contribution in [1.29, 1.82) is 0 Å². The van der Waals surface area contributed by atoms with Crippen molar-refractivity contribution in [1.82, 2.24) is 10.2 Å². The van der Waals surface area contributed by atoms with Crippen LogP contribution in [0.2, 0.25) is 5.02 Å². The van der Waals surface area contributed by atoms with Gasteiger partial charge in [-0.2, -0.15) is 0 Å². The van der Waals surface area contributed by atoms with Gasteiger partial charge >= 0.3 is 0 Å². The van der Waals surface area contributed by atoms with Crippen LogP contribution in [0.4, 0.5) is 0 Å². The molecule has 0 saturated heterocycles. The molecular weight excluding hydrogens is 396 g/mol. The number of hydrogen-bond donors (Lipinski definition) is 1. The molecule has 4 nitrogen and oxygen atoms in total. The second-order valence-corrected chi connectivity index (χ2v) is 8.41. The molecule has 0 bridgehead atoms. The summed E-state index contributed by atoms with van der Waals surface area (Å²) in [6.45, 7) is 2.47. The highest BCUT2D eigenvalue weighted by atomic mass is 35.5. The van der Waals surface area contributed by atoms with Crippen molar-refractivity contribution < 1.29 is 9.59 Å². The predicted molar refractivity (Wildman–Crippen MR) is 121 cm³/mol. The van der Waals surface area contributed by atoms with Crippen molar-refractivity contribution in [2.24, 2.45) is 0 Å². The quantitative estimate of drug-likeness (QED) is 0.626. The molecule has 2 amide bonds. The van der Waals surface area contributed by atoms with E-state index in [1.807, 2.05) is 43.3 Å². The summed E-state index contributed by atoms with van der Waals surface area (Å²) >= 11 is 6.29. The van der Waals surface area contributed by atoms with Gasteiger partial charge in [0.1, 0.15) is 6.04 Å². The maximum Gasteiger partial charge on any atom is 0.243 e. The summed E-state index contributed by atoms with van der Waals surface area (Å²) in [5.74, 6) is -0.0996. The van der Waals surface area contributed by atoms with Gasteiger partial charge in [-0.15, -0.1) is 0 Å². The maximum absolute atomic E-state index is 13.3. The highest BCUT2D eigenvalue weighted by Gasteiger charge is 2.30. The van der Waals surface area contributed by atoms with Crippen LogP contribution in [0.3, 0.4) is 0 Å². The molecule has 0 heterocycles. The normalized spacial score (nSPS) is 15.0. The van der Waals surface area contributed by atoms with Gasteiger partial charge in [0.25, 0.3) is 0 Å². The highest BCUT2D eigenvalue weighted by Crippen LogP contribution is 2.20. The molecule has 0 aliphatic heterocycles. The first-order valence-electron chi connectivity index (χ1n) is 11.0. The van der Waals surface area contributed by atoms with Crippen LogP contribution < -0.4 is 5.32 Å². The predicted octanol–water partition coefficient (Wildman–Crippen LogP) is 4.79. The Morgan fingerprint density at radius 1 is 1.07 bits per heavy atom. The van der Waals surface area contributed by atoms with Crippen molar-refractivity contribution >= 4 is 23.4 Å². The van der Waals surface area contributed by atoms with Crippen LogP contribution in [0.15, 0.2) is 54.6 Å². The van der Waals surface area contributed by atoms with Crippen LogP contribution in [0.1, 0.15) is 50.2 Å². The topological polar surface area (TPSA) is 49.4 Å². The van der Waals surface area contributed by atoms with Crippen LogP contribution >= 0.6 is 11.6 Å². The molecular formula is C25H31ClN2O2. The molecule has 5 heteroatoms. The third-order valence-corrected chi connectivity index (χ3v) is 6.24. The standard InChI is InChI=1S/C25H31ClN2O2/c1-2-23(25(30)27-21-13-7-8-14-21)28(17-16-19-10-4-3-5-11-19)24(29)18-20-12-6-9-15-22(20)26/h3-6,9-12,15,21,23H,2,7-8,13-14,16-18H2,1H3,(H,27,30)/t23-/m0/s1. The summed E-state index contributed by atoms with van der Waals surface area (Å²) in [6, 6.07) is 17.2. The SMILES string of the molecule is CC[C@@H](C(=O)NC1CCCC1)N(CCc1ccccc1)C(=O)Cc1ccccc1Cl. The minimum Gasteiger partial charge on any atom is -0.352 e. The van der Waals surface area contributed by atoms with Gasteiger partial charge < -0.3 is 10.2 Å². The van der Waals surface area contributed by atoms with Crippen molar-refractivity contribution in [3.63, 3.8) is 0 Å². The van der Waals surface area contributed by atoms with E-state index >= 15 is 0 Å². The fourth-order valence-corrected chi connectivity index (χ4v) is 4.37. The Hall–Kier alpha value is -2.33. The van der Waals surface area contributed by atoms with Crippen molar-refractivity contribution in [2.75, 3.05) is 6.54 Å². The van der Waals surface area contributed by atoms with Crippen LogP contribution in [0, 0.1) is 0 Å². The number of nitrogens with one attached hydrogen (secondary N) is 1. The van der Waals surface area contributed by atoms with Gasteiger partial charge in [-0.25, -0.2) is 0 Å². The van der Waals surface area contributed by atoms with Gasteiger partial charge in [0.2, 0.25) is 11.8 Å². The van der Waals surface area contributed by atoms with E-state index in [0.717, 1.165) is 36.8 Å². The first-order valence-corrected chi connectivity index (χ1v) is 11.3. The Bertz CT molecular complexity index is 834. The molecule has 1 atom stereocenters.